The molecule has 1 heterocycles. The molecule has 0 saturated carbocycles. The molecule has 1 aromatic heterocycles. The Bertz CT molecular complexity index is 244. The van der Waals surface area contributed by atoms with Gasteiger partial charge in [-0.1, -0.05) is 0 Å². The first-order valence-electron chi connectivity index (χ1n) is 3.24. The zero-order chi connectivity index (χ0) is 7.40. The first-order valence-corrected chi connectivity index (χ1v) is 3.24. The van der Waals surface area contributed by atoms with Crippen LogP contribution in [0.3, 0.4) is 0 Å². The highest BCUT2D eigenvalue weighted by molar-refractivity contribution is 5.14. The molecule has 0 fully saturated rings. The van der Waals surface area contributed by atoms with Crippen LogP contribution in [-0.4, -0.2) is 0 Å². The molecular formula is C8H9NO. The first kappa shape index (κ1) is 6.88. The lowest BCUT2D eigenvalue weighted by molar-refractivity contribution is 0.508. The fourth-order valence-electron chi connectivity index (χ4n) is 0.830. The van der Waals surface area contributed by atoms with Gasteiger partial charge in [0.1, 0.15) is 5.76 Å². The molecule has 1 rings (SSSR count). The molecule has 2 nitrogen and oxygen atoms in total. The van der Waals surface area contributed by atoms with Gasteiger partial charge in [-0.25, -0.2) is 0 Å². The van der Waals surface area contributed by atoms with Crippen LogP contribution in [0.2, 0.25) is 0 Å². The molecule has 0 radical (unpaired) electrons. The van der Waals surface area contributed by atoms with E-state index in [9.17, 15) is 0 Å². The minimum absolute atomic E-state index is 0.536. The third-order valence-electron chi connectivity index (χ3n) is 1.43. The number of hydrogen-bond donors (Lipinski definition) is 0. The van der Waals surface area contributed by atoms with Crippen LogP contribution in [0.5, 0.6) is 0 Å². The molecule has 0 N–H and O–H groups in total. The van der Waals surface area contributed by atoms with Crippen molar-refractivity contribution >= 4 is 0 Å². The van der Waals surface area contributed by atoms with Crippen LogP contribution in [0.1, 0.15) is 17.7 Å². The number of aryl methyl sites for hydroxylation is 2. The Morgan fingerprint density at radius 3 is 3.00 bits per heavy atom. The maximum atomic E-state index is 8.26. The predicted molar refractivity (Wildman–Crippen MR) is 37.4 cm³/mol. The van der Waals surface area contributed by atoms with E-state index >= 15 is 0 Å². The molecule has 0 atom stereocenters. The van der Waals surface area contributed by atoms with Crippen molar-refractivity contribution in [1.82, 2.24) is 0 Å². The highest BCUT2D eigenvalue weighted by Crippen LogP contribution is 2.10. The van der Waals surface area contributed by atoms with Gasteiger partial charge >= 0.3 is 0 Å². The molecule has 0 amide bonds. The number of nitriles is 1. The summed E-state index contributed by atoms with van der Waals surface area (Å²) in [6.07, 6.45) is 2.92. The minimum Gasteiger partial charge on any atom is -0.469 e. The van der Waals surface area contributed by atoms with Crippen molar-refractivity contribution in [2.24, 2.45) is 0 Å². The molecule has 0 aromatic carbocycles. The van der Waals surface area contributed by atoms with Crippen molar-refractivity contribution in [3.05, 3.63) is 23.7 Å². The third-order valence-corrected chi connectivity index (χ3v) is 1.43. The monoisotopic (exact) mass is 135 g/mol. The van der Waals surface area contributed by atoms with Gasteiger partial charge < -0.3 is 4.42 Å². The van der Waals surface area contributed by atoms with E-state index in [2.05, 4.69) is 6.07 Å². The lowest BCUT2D eigenvalue weighted by Gasteiger charge is -1.90. The molecule has 0 aliphatic heterocycles. The highest BCUT2D eigenvalue weighted by atomic mass is 16.3. The van der Waals surface area contributed by atoms with E-state index in [4.69, 9.17) is 9.68 Å². The molecule has 0 bridgehead atoms. The molecule has 0 saturated heterocycles. The number of furan rings is 1. The summed E-state index contributed by atoms with van der Waals surface area (Å²) >= 11 is 0. The van der Waals surface area contributed by atoms with E-state index < -0.39 is 0 Å². The summed E-state index contributed by atoms with van der Waals surface area (Å²) in [5.41, 5.74) is 1.13. The maximum absolute atomic E-state index is 8.26. The fourth-order valence-corrected chi connectivity index (χ4v) is 0.830. The Morgan fingerprint density at radius 1 is 1.70 bits per heavy atom. The zero-order valence-corrected chi connectivity index (χ0v) is 5.92. The average molecular weight is 135 g/mol. The van der Waals surface area contributed by atoms with Gasteiger partial charge in [0.15, 0.2) is 0 Å². The van der Waals surface area contributed by atoms with Gasteiger partial charge in [0.2, 0.25) is 0 Å². The summed E-state index contributed by atoms with van der Waals surface area (Å²) in [6.45, 7) is 1.98. The molecule has 0 aliphatic rings. The van der Waals surface area contributed by atoms with E-state index in [0.29, 0.717) is 6.42 Å². The fraction of sp³-hybridized carbons (Fsp3) is 0.375. The van der Waals surface area contributed by atoms with Crippen molar-refractivity contribution in [1.29, 1.82) is 5.26 Å². The lowest BCUT2D eigenvalue weighted by Crippen LogP contribution is -1.81. The van der Waals surface area contributed by atoms with Crippen LogP contribution in [0.15, 0.2) is 16.7 Å². The number of rotatable bonds is 2. The molecular weight excluding hydrogens is 126 g/mol. The summed E-state index contributed by atoms with van der Waals surface area (Å²) in [7, 11) is 0. The van der Waals surface area contributed by atoms with Crippen molar-refractivity contribution in [2.75, 3.05) is 0 Å². The van der Waals surface area contributed by atoms with Crippen molar-refractivity contribution in [3.63, 3.8) is 0 Å². The number of hydrogen-bond acceptors (Lipinski definition) is 2. The molecule has 0 aliphatic carbocycles. The summed E-state index contributed by atoms with van der Waals surface area (Å²) in [4.78, 5) is 0. The van der Waals surface area contributed by atoms with E-state index in [0.717, 1.165) is 17.7 Å². The predicted octanol–water partition coefficient (Wildman–Crippen LogP) is 2.04. The lowest BCUT2D eigenvalue weighted by atomic mass is 10.2. The summed E-state index contributed by atoms with van der Waals surface area (Å²) < 4.78 is 5.12. The van der Waals surface area contributed by atoms with Crippen LogP contribution in [0, 0.1) is 18.3 Å². The standard InChI is InChI=1S/C8H9NO/c1-7-4-6-10-8(7)3-2-5-9/h4,6H,2-3H2,1H3. The van der Waals surface area contributed by atoms with Crippen molar-refractivity contribution < 1.29 is 4.42 Å². The van der Waals surface area contributed by atoms with Gasteiger partial charge in [0.05, 0.1) is 12.3 Å². The summed E-state index contributed by atoms with van der Waals surface area (Å²) in [5, 5.41) is 8.26. The quantitative estimate of drug-likeness (QED) is 0.622. The number of nitrogens with zero attached hydrogens (tertiary/aromatic N) is 1. The summed E-state index contributed by atoms with van der Waals surface area (Å²) in [5.74, 6) is 0.932. The van der Waals surface area contributed by atoms with E-state index in [1.54, 1.807) is 6.26 Å². The van der Waals surface area contributed by atoms with E-state index in [1.807, 2.05) is 13.0 Å². The van der Waals surface area contributed by atoms with Crippen LogP contribution in [0.4, 0.5) is 0 Å². The molecule has 0 unspecified atom stereocenters. The van der Waals surface area contributed by atoms with Gasteiger partial charge in [0.25, 0.3) is 0 Å². The van der Waals surface area contributed by atoms with Gasteiger partial charge in [-0.2, -0.15) is 5.26 Å². The smallest absolute Gasteiger partial charge is 0.107 e. The van der Waals surface area contributed by atoms with Crippen LogP contribution in [-0.2, 0) is 6.42 Å². The molecule has 1 aromatic rings. The average Bonchev–Trinajstić information content (AvgIpc) is 2.31. The Balaban J connectivity index is 2.59. The van der Waals surface area contributed by atoms with Crippen molar-refractivity contribution in [2.45, 2.75) is 19.8 Å². The van der Waals surface area contributed by atoms with Gasteiger partial charge in [-0.3, -0.25) is 0 Å². The molecule has 10 heavy (non-hydrogen) atoms. The van der Waals surface area contributed by atoms with E-state index in [-0.39, 0.29) is 0 Å². The summed E-state index contributed by atoms with van der Waals surface area (Å²) in [6, 6.07) is 3.98. The molecule has 0 spiro atoms. The highest BCUT2D eigenvalue weighted by Gasteiger charge is 1.99. The Kier molecular flexibility index (Phi) is 2.11. The second-order valence-electron chi connectivity index (χ2n) is 2.18. The first-order chi connectivity index (χ1) is 4.84. The zero-order valence-electron chi connectivity index (χ0n) is 5.92. The van der Waals surface area contributed by atoms with Crippen molar-refractivity contribution in [3.8, 4) is 6.07 Å². The van der Waals surface area contributed by atoms with Gasteiger partial charge in [0, 0.05) is 12.8 Å². The topological polar surface area (TPSA) is 36.9 Å². The molecule has 52 valence electrons. The Morgan fingerprint density at radius 2 is 2.50 bits per heavy atom. The molecule has 2 heteroatoms. The Labute approximate surface area is 60.1 Å². The van der Waals surface area contributed by atoms with Crippen LogP contribution in [0.25, 0.3) is 0 Å². The van der Waals surface area contributed by atoms with Crippen LogP contribution >= 0.6 is 0 Å². The largest absolute Gasteiger partial charge is 0.469 e. The Hall–Kier alpha value is -1.23. The van der Waals surface area contributed by atoms with Gasteiger partial charge in [-0.15, -0.1) is 0 Å². The maximum Gasteiger partial charge on any atom is 0.107 e. The second-order valence-corrected chi connectivity index (χ2v) is 2.18. The normalized spacial score (nSPS) is 9.20. The minimum atomic E-state index is 0.536. The third kappa shape index (κ3) is 1.38. The second kappa shape index (κ2) is 3.07. The van der Waals surface area contributed by atoms with Gasteiger partial charge in [-0.05, 0) is 18.6 Å². The SMILES string of the molecule is Cc1ccoc1CCC#N. The van der Waals surface area contributed by atoms with Crippen LogP contribution < -0.4 is 0 Å². The van der Waals surface area contributed by atoms with E-state index in [1.165, 1.54) is 0 Å².